The summed E-state index contributed by atoms with van der Waals surface area (Å²) in [6, 6.07) is 0. The molecule has 4 nitrogen and oxygen atoms in total. The fourth-order valence-electron chi connectivity index (χ4n) is 2.91. The summed E-state index contributed by atoms with van der Waals surface area (Å²) < 4.78 is 5.21. The number of amides is 1. The minimum Gasteiger partial charge on any atom is -0.396 e. The predicted octanol–water partition coefficient (Wildman–Crippen LogP) is 0.938. The third-order valence-electron chi connectivity index (χ3n) is 4.14. The number of hydrogen-bond acceptors (Lipinski definition) is 3. The SMILES string of the molecule is O=C(NCC1CCCCC1CO)C1CCOC1. The van der Waals surface area contributed by atoms with E-state index in [2.05, 4.69) is 5.32 Å². The summed E-state index contributed by atoms with van der Waals surface area (Å²) in [6.07, 6.45) is 5.52. The van der Waals surface area contributed by atoms with Crippen LogP contribution < -0.4 is 5.32 Å². The fourth-order valence-corrected chi connectivity index (χ4v) is 2.91. The molecular formula is C13H23NO3. The number of nitrogens with one attached hydrogen (secondary N) is 1. The minimum atomic E-state index is 0.0474. The number of rotatable bonds is 4. The Morgan fingerprint density at radius 1 is 1.24 bits per heavy atom. The van der Waals surface area contributed by atoms with E-state index >= 15 is 0 Å². The van der Waals surface area contributed by atoms with Gasteiger partial charge in [0.15, 0.2) is 0 Å². The van der Waals surface area contributed by atoms with Crippen LogP contribution in [0.25, 0.3) is 0 Å². The Balaban J connectivity index is 1.74. The van der Waals surface area contributed by atoms with Gasteiger partial charge in [-0.05, 0) is 31.1 Å². The zero-order valence-corrected chi connectivity index (χ0v) is 10.4. The summed E-state index contributed by atoms with van der Waals surface area (Å²) in [5.74, 6) is 1.01. The Bertz CT molecular complexity index is 251. The Kier molecular flexibility index (Phi) is 4.80. The highest BCUT2D eigenvalue weighted by Crippen LogP contribution is 2.29. The van der Waals surface area contributed by atoms with Gasteiger partial charge in [0.25, 0.3) is 0 Å². The van der Waals surface area contributed by atoms with Crippen molar-refractivity contribution in [3.8, 4) is 0 Å². The molecule has 1 saturated heterocycles. The first-order valence-corrected chi connectivity index (χ1v) is 6.77. The molecular weight excluding hydrogens is 218 g/mol. The number of carbonyl (C=O) groups is 1. The Labute approximate surface area is 103 Å². The van der Waals surface area contributed by atoms with Gasteiger partial charge in [0.1, 0.15) is 0 Å². The zero-order valence-electron chi connectivity index (χ0n) is 10.4. The standard InChI is InChI=1S/C13H23NO3/c15-8-11-4-2-1-3-10(11)7-14-13(16)12-5-6-17-9-12/h10-12,15H,1-9H2,(H,14,16). The predicted molar refractivity (Wildman–Crippen MR) is 64.5 cm³/mol. The second kappa shape index (κ2) is 6.36. The molecule has 2 aliphatic rings. The van der Waals surface area contributed by atoms with Crippen LogP contribution in [0.2, 0.25) is 0 Å². The van der Waals surface area contributed by atoms with E-state index in [1.807, 2.05) is 0 Å². The van der Waals surface area contributed by atoms with Crippen molar-refractivity contribution in [2.45, 2.75) is 32.1 Å². The van der Waals surface area contributed by atoms with Crippen LogP contribution in [0.5, 0.6) is 0 Å². The van der Waals surface area contributed by atoms with Gasteiger partial charge in [-0.3, -0.25) is 4.79 Å². The molecule has 1 aliphatic carbocycles. The van der Waals surface area contributed by atoms with Crippen molar-refractivity contribution in [3.63, 3.8) is 0 Å². The van der Waals surface area contributed by atoms with Crippen molar-refractivity contribution in [3.05, 3.63) is 0 Å². The molecule has 17 heavy (non-hydrogen) atoms. The van der Waals surface area contributed by atoms with Gasteiger partial charge >= 0.3 is 0 Å². The molecule has 2 N–H and O–H groups in total. The highest BCUT2D eigenvalue weighted by atomic mass is 16.5. The number of aliphatic hydroxyl groups is 1. The molecule has 1 amide bonds. The third-order valence-corrected chi connectivity index (χ3v) is 4.14. The van der Waals surface area contributed by atoms with Crippen LogP contribution in [0.4, 0.5) is 0 Å². The minimum absolute atomic E-state index is 0.0474. The molecule has 0 bridgehead atoms. The second-order valence-electron chi connectivity index (χ2n) is 5.29. The van der Waals surface area contributed by atoms with Gasteiger partial charge in [0.05, 0.1) is 12.5 Å². The lowest BCUT2D eigenvalue weighted by Gasteiger charge is -2.30. The summed E-state index contributed by atoms with van der Waals surface area (Å²) in [7, 11) is 0. The normalized spacial score (nSPS) is 33.6. The van der Waals surface area contributed by atoms with E-state index in [1.54, 1.807) is 0 Å². The average molecular weight is 241 g/mol. The van der Waals surface area contributed by atoms with E-state index < -0.39 is 0 Å². The van der Waals surface area contributed by atoms with Gasteiger partial charge in [-0.1, -0.05) is 12.8 Å². The van der Waals surface area contributed by atoms with Gasteiger partial charge < -0.3 is 15.2 Å². The van der Waals surface area contributed by atoms with Crippen molar-refractivity contribution >= 4 is 5.91 Å². The molecule has 4 heteroatoms. The lowest BCUT2D eigenvalue weighted by molar-refractivity contribution is -0.125. The van der Waals surface area contributed by atoms with Crippen LogP contribution in [0.1, 0.15) is 32.1 Å². The van der Waals surface area contributed by atoms with E-state index in [0.29, 0.717) is 25.0 Å². The highest BCUT2D eigenvalue weighted by molar-refractivity contribution is 5.78. The van der Waals surface area contributed by atoms with Gasteiger partial charge in [0.2, 0.25) is 5.91 Å². The van der Waals surface area contributed by atoms with Crippen LogP contribution in [0.3, 0.4) is 0 Å². The van der Waals surface area contributed by atoms with Gasteiger partial charge in [-0.25, -0.2) is 0 Å². The summed E-state index contributed by atoms with van der Waals surface area (Å²) in [6.45, 7) is 2.26. The fraction of sp³-hybridized carbons (Fsp3) is 0.923. The molecule has 0 aromatic heterocycles. The topological polar surface area (TPSA) is 58.6 Å². The molecule has 3 unspecified atom stereocenters. The van der Waals surface area contributed by atoms with Crippen molar-refractivity contribution in [1.82, 2.24) is 5.32 Å². The molecule has 3 atom stereocenters. The molecule has 0 aromatic carbocycles. The first-order valence-electron chi connectivity index (χ1n) is 6.77. The Hall–Kier alpha value is -0.610. The van der Waals surface area contributed by atoms with E-state index in [-0.39, 0.29) is 18.4 Å². The highest BCUT2D eigenvalue weighted by Gasteiger charge is 2.27. The van der Waals surface area contributed by atoms with Crippen molar-refractivity contribution in [1.29, 1.82) is 0 Å². The molecule has 98 valence electrons. The maximum atomic E-state index is 11.8. The second-order valence-corrected chi connectivity index (χ2v) is 5.29. The quantitative estimate of drug-likeness (QED) is 0.770. The zero-order chi connectivity index (χ0) is 12.1. The van der Waals surface area contributed by atoms with Crippen LogP contribution in [-0.4, -0.2) is 37.4 Å². The monoisotopic (exact) mass is 241 g/mol. The lowest BCUT2D eigenvalue weighted by atomic mass is 9.79. The molecule has 0 spiro atoms. The van der Waals surface area contributed by atoms with E-state index in [4.69, 9.17) is 4.74 Å². The maximum Gasteiger partial charge on any atom is 0.225 e. The van der Waals surface area contributed by atoms with Crippen LogP contribution in [-0.2, 0) is 9.53 Å². The van der Waals surface area contributed by atoms with Gasteiger partial charge in [0, 0.05) is 19.8 Å². The largest absolute Gasteiger partial charge is 0.396 e. The number of aliphatic hydroxyl groups excluding tert-OH is 1. The third kappa shape index (κ3) is 3.42. The van der Waals surface area contributed by atoms with E-state index in [1.165, 1.54) is 12.8 Å². The Morgan fingerprint density at radius 3 is 2.65 bits per heavy atom. The molecule has 2 rings (SSSR count). The lowest BCUT2D eigenvalue weighted by Crippen LogP contribution is -2.38. The van der Waals surface area contributed by atoms with Crippen molar-refractivity contribution < 1.29 is 14.6 Å². The molecule has 0 aromatic rings. The molecule has 1 aliphatic heterocycles. The van der Waals surface area contributed by atoms with E-state index in [9.17, 15) is 9.90 Å². The van der Waals surface area contributed by atoms with Crippen molar-refractivity contribution in [2.75, 3.05) is 26.4 Å². The van der Waals surface area contributed by atoms with Crippen molar-refractivity contribution in [2.24, 2.45) is 17.8 Å². The maximum absolute atomic E-state index is 11.8. The van der Waals surface area contributed by atoms with Crippen LogP contribution in [0.15, 0.2) is 0 Å². The van der Waals surface area contributed by atoms with Crippen LogP contribution in [0, 0.1) is 17.8 Å². The van der Waals surface area contributed by atoms with Gasteiger partial charge in [-0.15, -0.1) is 0 Å². The summed E-state index contributed by atoms with van der Waals surface area (Å²) >= 11 is 0. The average Bonchev–Trinajstić information content (AvgIpc) is 2.90. The number of carbonyl (C=O) groups excluding carboxylic acids is 1. The molecule has 1 heterocycles. The number of ether oxygens (including phenoxy) is 1. The molecule has 2 fully saturated rings. The molecule has 1 saturated carbocycles. The smallest absolute Gasteiger partial charge is 0.225 e. The summed E-state index contributed by atoms with van der Waals surface area (Å²) in [5.41, 5.74) is 0. The first-order chi connectivity index (χ1) is 8.31. The van der Waals surface area contributed by atoms with Crippen LogP contribution >= 0.6 is 0 Å². The summed E-state index contributed by atoms with van der Waals surface area (Å²) in [5, 5.41) is 12.3. The molecule has 0 radical (unpaired) electrons. The number of hydrogen-bond donors (Lipinski definition) is 2. The summed E-state index contributed by atoms with van der Waals surface area (Å²) in [4.78, 5) is 11.8. The van der Waals surface area contributed by atoms with Gasteiger partial charge in [-0.2, -0.15) is 0 Å². The Morgan fingerprint density at radius 2 is 2.00 bits per heavy atom. The first kappa shape index (κ1) is 12.8. The van der Waals surface area contributed by atoms with E-state index in [0.717, 1.165) is 25.8 Å².